The van der Waals surface area contributed by atoms with Crippen LogP contribution in [-0.2, 0) is 9.59 Å². The highest BCUT2D eigenvalue weighted by Gasteiger charge is 2.44. The summed E-state index contributed by atoms with van der Waals surface area (Å²) in [6.07, 6.45) is 6.10. The van der Waals surface area contributed by atoms with Crippen LogP contribution in [0.2, 0.25) is 0 Å². The molecular weight excluding hydrogens is 192 g/mol. The fourth-order valence-electron chi connectivity index (χ4n) is 2.44. The Bertz CT molecular complexity index is 290. The Labute approximate surface area is 89.1 Å². The van der Waals surface area contributed by atoms with E-state index in [9.17, 15) is 9.59 Å². The summed E-state index contributed by atoms with van der Waals surface area (Å²) in [5, 5.41) is 0. The lowest BCUT2D eigenvalue weighted by molar-refractivity contribution is -0.151. The van der Waals surface area contributed by atoms with Crippen molar-refractivity contribution in [2.75, 3.05) is 13.1 Å². The second-order valence-corrected chi connectivity index (χ2v) is 4.20. The van der Waals surface area contributed by atoms with Crippen LogP contribution < -0.4 is 5.73 Å². The maximum absolute atomic E-state index is 11.8. The first-order valence-corrected chi connectivity index (χ1v) is 5.44. The van der Waals surface area contributed by atoms with E-state index in [1.165, 1.54) is 4.90 Å². The molecule has 2 atom stereocenters. The molecule has 0 spiro atoms. The summed E-state index contributed by atoms with van der Waals surface area (Å²) in [6, 6.07) is 0. The zero-order chi connectivity index (χ0) is 10.8. The third-order valence-electron chi connectivity index (χ3n) is 3.25. The fraction of sp³-hybridized carbons (Fsp3) is 0.636. The lowest BCUT2D eigenvalue weighted by atomic mass is 9.97. The van der Waals surface area contributed by atoms with Crippen molar-refractivity contribution in [1.29, 1.82) is 0 Å². The van der Waals surface area contributed by atoms with E-state index in [4.69, 9.17) is 5.73 Å². The highest BCUT2D eigenvalue weighted by molar-refractivity contribution is 6.01. The molecule has 0 aromatic rings. The Morgan fingerprint density at radius 2 is 1.80 bits per heavy atom. The van der Waals surface area contributed by atoms with Gasteiger partial charge < -0.3 is 5.73 Å². The van der Waals surface area contributed by atoms with Crippen molar-refractivity contribution in [2.45, 2.75) is 19.3 Å². The van der Waals surface area contributed by atoms with Crippen molar-refractivity contribution in [3.05, 3.63) is 12.2 Å². The Kier molecular flexibility index (Phi) is 2.86. The number of nitrogens with zero attached hydrogens (tertiary/aromatic N) is 1. The highest BCUT2D eigenvalue weighted by atomic mass is 16.2. The van der Waals surface area contributed by atoms with Crippen molar-refractivity contribution in [3.63, 3.8) is 0 Å². The van der Waals surface area contributed by atoms with E-state index < -0.39 is 0 Å². The predicted octanol–water partition coefficient (Wildman–Crippen LogP) is 0.286. The van der Waals surface area contributed by atoms with Gasteiger partial charge in [0.1, 0.15) is 0 Å². The van der Waals surface area contributed by atoms with E-state index in [1.54, 1.807) is 12.2 Å². The molecule has 2 aliphatic rings. The number of carbonyl (C=O) groups is 2. The van der Waals surface area contributed by atoms with Crippen molar-refractivity contribution >= 4 is 11.8 Å². The van der Waals surface area contributed by atoms with Crippen LogP contribution in [-0.4, -0.2) is 29.8 Å². The number of rotatable bonds is 3. The molecule has 1 saturated heterocycles. The number of carbonyl (C=O) groups excluding carboxylic acids is 2. The predicted molar refractivity (Wildman–Crippen MR) is 55.7 cm³/mol. The molecule has 2 N–H and O–H groups in total. The lowest BCUT2D eigenvalue weighted by Gasteiger charge is -2.28. The van der Waals surface area contributed by atoms with Crippen molar-refractivity contribution < 1.29 is 9.59 Å². The molecule has 0 aromatic carbocycles. The Morgan fingerprint density at radius 3 is 2.33 bits per heavy atom. The number of hydrogen-bond donors (Lipinski definition) is 1. The van der Waals surface area contributed by atoms with Crippen LogP contribution in [0.5, 0.6) is 0 Å². The summed E-state index contributed by atoms with van der Waals surface area (Å²) in [5.41, 5.74) is 5.31. The van der Waals surface area contributed by atoms with E-state index >= 15 is 0 Å². The van der Waals surface area contributed by atoms with E-state index in [-0.39, 0.29) is 23.7 Å². The second kappa shape index (κ2) is 4.14. The molecular formula is C11H16N2O2. The first-order valence-electron chi connectivity index (χ1n) is 5.44. The van der Waals surface area contributed by atoms with Gasteiger partial charge >= 0.3 is 0 Å². The van der Waals surface area contributed by atoms with Gasteiger partial charge in [-0.3, -0.25) is 14.5 Å². The van der Waals surface area contributed by atoms with E-state index in [0.717, 1.165) is 19.3 Å². The molecule has 0 radical (unpaired) electrons. The largest absolute Gasteiger partial charge is 0.327 e. The average Bonchev–Trinajstić information content (AvgIpc) is 2.67. The van der Waals surface area contributed by atoms with Crippen LogP contribution in [0, 0.1) is 11.8 Å². The molecule has 2 rings (SSSR count). The monoisotopic (exact) mass is 208 g/mol. The Morgan fingerprint density at radius 1 is 1.20 bits per heavy atom. The molecule has 1 saturated carbocycles. The molecule has 1 heterocycles. The smallest absolute Gasteiger partial charge is 0.232 e. The number of amides is 2. The molecule has 1 aliphatic heterocycles. The molecule has 4 heteroatoms. The maximum atomic E-state index is 11.8. The highest BCUT2D eigenvalue weighted by Crippen LogP contribution is 2.37. The van der Waals surface area contributed by atoms with E-state index in [1.807, 2.05) is 0 Å². The van der Waals surface area contributed by atoms with Gasteiger partial charge in [0.15, 0.2) is 0 Å². The fourth-order valence-corrected chi connectivity index (χ4v) is 2.44. The second-order valence-electron chi connectivity index (χ2n) is 4.20. The zero-order valence-corrected chi connectivity index (χ0v) is 8.69. The molecule has 2 amide bonds. The minimum absolute atomic E-state index is 0.00965. The number of nitrogens with two attached hydrogens (primary N) is 1. The first kappa shape index (κ1) is 10.4. The Balaban J connectivity index is 2.06. The molecule has 0 aromatic heterocycles. The topological polar surface area (TPSA) is 63.4 Å². The van der Waals surface area contributed by atoms with Crippen molar-refractivity contribution in [2.24, 2.45) is 17.6 Å². The quantitative estimate of drug-likeness (QED) is 0.535. The van der Waals surface area contributed by atoms with Gasteiger partial charge in [-0.25, -0.2) is 0 Å². The van der Waals surface area contributed by atoms with Crippen LogP contribution >= 0.6 is 0 Å². The van der Waals surface area contributed by atoms with Gasteiger partial charge in [0.05, 0.1) is 0 Å². The molecule has 2 unspecified atom stereocenters. The minimum Gasteiger partial charge on any atom is -0.327 e. The normalized spacial score (nSPS) is 30.6. The number of hydrogen-bond acceptors (Lipinski definition) is 3. The van der Waals surface area contributed by atoms with Gasteiger partial charge in [-0.2, -0.15) is 0 Å². The molecule has 82 valence electrons. The Hall–Kier alpha value is -1.16. The molecule has 15 heavy (non-hydrogen) atoms. The van der Waals surface area contributed by atoms with Crippen LogP contribution in [0.4, 0.5) is 0 Å². The maximum Gasteiger partial charge on any atom is 0.232 e. The van der Waals surface area contributed by atoms with Crippen LogP contribution in [0.3, 0.4) is 0 Å². The van der Waals surface area contributed by atoms with Gasteiger partial charge in [-0.05, 0) is 19.3 Å². The van der Waals surface area contributed by atoms with Gasteiger partial charge in [-0.1, -0.05) is 12.2 Å². The van der Waals surface area contributed by atoms with E-state index in [0.29, 0.717) is 13.1 Å². The number of likely N-dealkylation sites (tertiary alicyclic amines) is 1. The van der Waals surface area contributed by atoms with Crippen LogP contribution in [0.1, 0.15) is 19.3 Å². The number of fused-ring (bicyclic) bond motifs is 2. The summed E-state index contributed by atoms with van der Waals surface area (Å²) in [6.45, 7) is 0.838. The summed E-state index contributed by atoms with van der Waals surface area (Å²) >= 11 is 0. The number of piperidine rings is 1. The SMILES string of the molecule is NC/C=C/CN1C(=O)C2CCC(C2)C1=O. The van der Waals surface area contributed by atoms with Gasteiger partial charge in [-0.15, -0.1) is 0 Å². The summed E-state index contributed by atoms with van der Waals surface area (Å²) in [7, 11) is 0. The first-order chi connectivity index (χ1) is 7.24. The van der Waals surface area contributed by atoms with Gasteiger partial charge in [0.2, 0.25) is 11.8 Å². The summed E-state index contributed by atoms with van der Waals surface area (Å²) < 4.78 is 0. The third-order valence-corrected chi connectivity index (χ3v) is 3.25. The van der Waals surface area contributed by atoms with Crippen molar-refractivity contribution in [3.8, 4) is 0 Å². The zero-order valence-electron chi connectivity index (χ0n) is 8.69. The molecule has 2 bridgehead atoms. The lowest BCUT2D eigenvalue weighted by Crippen LogP contribution is -2.46. The standard InChI is InChI=1S/C11H16N2O2/c12-5-1-2-6-13-10(14)8-3-4-9(7-8)11(13)15/h1-2,8-9H,3-7,12H2/b2-1+. The van der Waals surface area contributed by atoms with Crippen molar-refractivity contribution in [1.82, 2.24) is 4.90 Å². The minimum atomic E-state index is 0.00965. The van der Waals surface area contributed by atoms with E-state index in [2.05, 4.69) is 0 Å². The molecule has 1 aliphatic carbocycles. The van der Waals surface area contributed by atoms with Crippen LogP contribution in [0.15, 0.2) is 12.2 Å². The summed E-state index contributed by atoms with van der Waals surface area (Å²) in [5.74, 6) is 0.212. The molecule has 4 nitrogen and oxygen atoms in total. The van der Waals surface area contributed by atoms with Crippen LogP contribution in [0.25, 0.3) is 0 Å². The van der Waals surface area contributed by atoms with Gasteiger partial charge in [0.25, 0.3) is 0 Å². The summed E-state index contributed by atoms with van der Waals surface area (Å²) in [4.78, 5) is 25.0. The number of imide groups is 1. The molecule has 2 fully saturated rings. The average molecular weight is 208 g/mol. The van der Waals surface area contributed by atoms with Gasteiger partial charge in [0, 0.05) is 24.9 Å². The third kappa shape index (κ3) is 1.81.